The molecule has 176 valence electrons. The third-order valence-electron chi connectivity index (χ3n) is 4.54. The summed E-state index contributed by atoms with van der Waals surface area (Å²) in [5.41, 5.74) is 1.58. The molecule has 32 heavy (non-hydrogen) atoms. The summed E-state index contributed by atoms with van der Waals surface area (Å²) in [7, 11) is -3.61. The Morgan fingerprint density at radius 2 is 1.66 bits per heavy atom. The summed E-state index contributed by atoms with van der Waals surface area (Å²) in [5, 5.41) is 2.81. The Balaban J connectivity index is 1.84. The van der Waals surface area contributed by atoms with Crippen molar-refractivity contribution in [3.8, 4) is 11.5 Å². The number of hydrogen-bond acceptors (Lipinski definition) is 5. The molecule has 8 heteroatoms. The summed E-state index contributed by atoms with van der Waals surface area (Å²) in [6.07, 6.45) is 3.66. The molecule has 2 aromatic rings. The molecule has 0 aliphatic rings. The van der Waals surface area contributed by atoms with E-state index < -0.39 is 10.0 Å². The Bertz CT molecular complexity index is 941. The Hall–Kier alpha value is -2.74. The average molecular weight is 463 g/mol. The van der Waals surface area contributed by atoms with Gasteiger partial charge in [-0.15, -0.1) is 0 Å². The minimum atomic E-state index is -3.61. The van der Waals surface area contributed by atoms with Gasteiger partial charge in [-0.3, -0.25) is 9.10 Å². The molecule has 1 N–H and O–H groups in total. The maximum absolute atomic E-state index is 12.4. The normalized spacial score (nSPS) is 11.3. The van der Waals surface area contributed by atoms with Crippen molar-refractivity contribution in [3.05, 3.63) is 54.1 Å². The van der Waals surface area contributed by atoms with Crippen LogP contribution in [0.25, 0.3) is 0 Å². The van der Waals surface area contributed by atoms with Crippen molar-refractivity contribution in [2.45, 2.75) is 46.1 Å². The topological polar surface area (TPSA) is 84.9 Å². The molecule has 0 saturated carbocycles. The average Bonchev–Trinajstić information content (AvgIpc) is 2.74. The minimum absolute atomic E-state index is 0.134. The van der Waals surface area contributed by atoms with Crippen molar-refractivity contribution < 1.29 is 22.7 Å². The maximum atomic E-state index is 12.4. The van der Waals surface area contributed by atoms with Gasteiger partial charge < -0.3 is 14.8 Å². The molecular weight excluding hydrogens is 428 g/mol. The first-order chi connectivity index (χ1) is 15.2. The molecule has 0 spiro atoms. The molecule has 2 rings (SSSR count). The molecule has 0 heterocycles. The van der Waals surface area contributed by atoms with Gasteiger partial charge in [0.15, 0.2) is 0 Å². The van der Waals surface area contributed by atoms with Crippen molar-refractivity contribution in [3.63, 3.8) is 0 Å². The van der Waals surface area contributed by atoms with Gasteiger partial charge in [0.05, 0.1) is 24.7 Å². The minimum Gasteiger partial charge on any atom is -0.494 e. The second-order valence-corrected chi connectivity index (χ2v) is 9.78. The van der Waals surface area contributed by atoms with Crippen LogP contribution in [0, 0.1) is 0 Å². The first-order valence-corrected chi connectivity index (χ1v) is 12.8. The zero-order chi connectivity index (χ0) is 23.6. The molecule has 2 aromatic carbocycles. The number of nitrogens with one attached hydrogen (secondary N) is 1. The quantitative estimate of drug-likeness (QED) is 0.458. The first kappa shape index (κ1) is 25.5. The molecule has 7 nitrogen and oxygen atoms in total. The number of benzene rings is 2. The monoisotopic (exact) mass is 462 g/mol. The number of amides is 1. The standard InChI is InChI=1S/C24H34N2O5S/c1-5-17-30-22-14-10-21(11-15-22)26(32(4,28)29)18-24(27)25-16-6-7-20-8-12-23(13-9-20)31-19(2)3/h8-15,19H,5-7,16-18H2,1-4H3,(H,25,27). The number of carbonyl (C=O) groups is 1. The Labute approximate surface area is 191 Å². The van der Waals surface area contributed by atoms with Crippen LogP contribution in [-0.4, -0.2) is 46.4 Å². The van der Waals surface area contributed by atoms with Crippen molar-refractivity contribution in [1.29, 1.82) is 0 Å². The molecule has 0 aromatic heterocycles. The van der Waals surface area contributed by atoms with E-state index in [9.17, 15) is 13.2 Å². The van der Waals surface area contributed by atoms with E-state index >= 15 is 0 Å². The molecule has 0 bridgehead atoms. The third-order valence-corrected chi connectivity index (χ3v) is 5.69. The highest BCUT2D eigenvalue weighted by molar-refractivity contribution is 7.92. The number of anilines is 1. The van der Waals surface area contributed by atoms with Crippen LogP contribution in [0.1, 0.15) is 39.2 Å². The second-order valence-electron chi connectivity index (χ2n) is 7.88. The number of aryl methyl sites for hydroxylation is 1. The van der Waals surface area contributed by atoms with Crippen LogP contribution in [0.4, 0.5) is 5.69 Å². The smallest absolute Gasteiger partial charge is 0.240 e. The van der Waals surface area contributed by atoms with Gasteiger partial charge in [-0.05, 0) is 75.1 Å². The molecule has 0 atom stereocenters. The van der Waals surface area contributed by atoms with Gasteiger partial charge in [0.1, 0.15) is 18.0 Å². The van der Waals surface area contributed by atoms with Crippen LogP contribution in [0.3, 0.4) is 0 Å². The zero-order valence-electron chi connectivity index (χ0n) is 19.3. The van der Waals surface area contributed by atoms with E-state index in [1.165, 1.54) is 0 Å². The highest BCUT2D eigenvalue weighted by Crippen LogP contribution is 2.21. The van der Waals surface area contributed by atoms with Gasteiger partial charge in [-0.25, -0.2) is 8.42 Å². The summed E-state index contributed by atoms with van der Waals surface area (Å²) in [4.78, 5) is 12.4. The number of ether oxygens (including phenoxy) is 2. The molecule has 0 fully saturated rings. The molecular formula is C24H34N2O5S. The summed E-state index contributed by atoms with van der Waals surface area (Å²) in [5.74, 6) is 1.16. The maximum Gasteiger partial charge on any atom is 0.240 e. The highest BCUT2D eigenvalue weighted by atomic mass is 32.2. The van der Waals surface area contributed by atoms with Crippen LogP contribution in [0.2, 0.25) is 0 Å². The molecule has 0 radical (unpaired) electrons. The van der Waals surface area contributed by atoms with E-state index in [1.807, 2.05) is 45.0 Å². The third kappa shape index (κ3) is 8.78. The van der Waals surface area contributed by atoms with Gasteiger partial charge in [-0.1, -0.05) is 19.1 Å². The van der Waals surface area contributed by atoms with Crippen LogP contribution in [0.5, 0.6) is 11.5 Å². The molecule has 0 aliphatic heterocycles. The SMILES string of the molecule is CCCOc1ccc(N(CC(=O)NCCCc2ccc(OC(C)C)cc2)S(C)(=O)=O)cc1. The van der Waals surface area contributed by atoms with Gasteiger partial charge in [-0.2, -0.15) is 0 Å². The van der Waals surface area contributed by atoms with E-state index in [0.717, 1.165) is 41.1 Å². The number of carbonyl (C=O) groups excluding carboxylic acids is 1. The summed E-state index contributed by atoms with van der Waals surface area (Å²) >= 11 is 0. The highest BCUT2D eigenvalue weighted by Gasteiger charge is 2.20. The van der Waals surface area contributed by atoms with Gasteiger partial charge >= 0.3 is 0 Å². The van der Waals surface area contributed by atoms with Crippen LogP contribution >= 0.6 is 0 Å². The Morgan fingerprint density at radius 3 is 2.22 bits per heavy atom. The van der Waals surface area contributed by atoms with Gasteiger partial charge in [0.2, 0.25) is 15.9 Å². The van der Waals surface area contributed by atoms with E-state index in [4.69, 9.17) is 9.47 Å². The molecule has 0 aliphatic carbocycles. The number of rotatable bonds is 13. The number of hydrogen-bond donors (Lipinski definition) is 1. The number of nitrogens with zero attached hydrogens (tertiary/aromatic N) is 1. The van der Waals surface area contributed by atoms with E-state index in [0.29, 0.717) is 24.6 Å². The largest absolute Gasteiger partial charge is 0.494 e. The first-order valence-electron chi connectivity index (χ1n) is 10.9. The predicted octanol–water partition coefficient (Wildman–Crippen LogP) is 3.78. The fraction of sp³-hybridized carbons (Fsp3) is 0.458. The van der Waals surface area contributed by atoms with E-state index in [2.05, 4.69) is 5.32 Å². The lowest BCUT2D eigenvalue weighted by molar-refractivity contribution is -0.119. The van der Waals surface area contributed by atoms with Crippen molar-refractivity contribution >= 4 is 21.6 Å². The lowest BCUT2D eigenvalue weighted by Crippen LogP contribution is -2.40. The molecule has 0 unspecified atom stereocenters. The predicted molar refractivity (Wildman–Crippen MR) is 128 cm³/mol. The summed E-state index contributed by atoms with van der Waals surface area (Å²) in [6, 6.07) is 14.6. The Kier molecular flexibility index (Phi) is 9.84. The van der Waals surface area contributed by atoms with Crippen molar-refractivity contribution in [1.82, 2.24) is 5.32 Å². The Morgan fingerprint density at radius 1 is 1.03 bits per heavy atom. The number of sulfonamides is 1. The fourth-order valence-electron chi connectivity index (χ4n) is 3.04. The lowest BCUT2D eigenvalue weighted by Gasteiger charge is -2.22. The fourth-order valence-corrected chi connectivity index (χ4v) is 3.90. The van der Waals surface area contributed by atoms with Gasteiger partial charge in [0, 0.05) is 6.54 Å². The van der Waals surface area contributed by atoms with Crippen LogP contribution in [-0.2, 0) is 21.2 Å². The molecule has 1 amide bonds. The van der Waals surface area contributed by atoms with Gasteiger partial charge in [0.25, 0.3) is 0 Å². The van der Waals surface area contributed by atoms with Crippen molar-refractivity contribution in [2.75, 3.05) is 30.3 Å². The summed E-state index contributed by atoms with van der Waals surface area (Å²) in [6.45, 7) is 6.76. The van der Waals surface area contributed by atoms with Crippen LogP contribution < -0.4 is 19.1 Å². The van der Waals surface area contributed by atoms with E-state index in [-0.39, 0.29) is 18.6 Å². The lowest BCUT2D eigenvalue weighted by atomic mass is 10.1. The molecule has 0 saturated heterocycles. The van der Waals surface area contributed by atoms with E-state index in [1.54, 1.807) is 24.3 Å². The zero-order valence-corrected chi connectivity index (χ0v) is 20.2. The van der Waals surface area contributed by atoms with Crippen molar-refractivity contribution in [2.24, 2.45) is 0 Å². The van der Waals surface area contributed by atoms with Crippen LogP contribution in [0.15, 0.2) is 48.5 Å². The summed E-state index contributed by atoms with van der Waals surface area (Å²) < 4.78 is 36.7. The second kappa shape index (κ2) is 12.3.